The van der Waals surface area contributed by atoms with Crippen molar-refractivity contribution in [2.75, 3.05) is 37.6 Å². The molecule has 1 fully saturated rings. The van der Waals surface area contributed by atoms with Crippen LogP contribution in [0.25, 0.3) is 10.9 Å². The number of rotatable bonds is 5. The Labute approximate surface area is 199 Å². The molecular formula is C22H30IN7O. The summed E-state index contributed by atoms with van der Waals surface area (Å²) in [6.45, 7) is 7.25. The fraction of sp³-hybridized carbons (Fsp3) is 0.409. The summed E-state index contributed by atoms with van der Waals surface area (Å²) in [5.41, 5.74) is 4.53. The number of amides is 1. The molecule has 8 nitrogen and oxygen atoms in total. The minimum Gasteiger partial charge on any atom is -0.361 e. The number of guanidine groups is 1. The van der Waals surface area contributed by atoms with Gasteiger partial charge in [-0.25, -0.2) is 0 Å². The molecule has 2 aromatic heterocycles. The fourth-order valence-corrected chi connectivity index (χ4v) is 3.89. The Hall–Kier alpha value is -2.56. The third kappa shape index (κ3) is 5.20. The van der Waals surface area contributed by atoms with Gasteiger partial charge in [0.25, 0.3) is 0 Å². The van der Waals surface area contributed by atoms with Gasteiger partial charge in [0.2, 0.25) is 5.91 Å². The number of carbonyl (C=O) groups excluding carboxylic acids is 1. The van der Waals surface area contributed by atoms with Gasteiger partial charge in [0, 0.05) is 56.5 Å². The molecule has 0 saturated carbocycles. The van der Waals surface area contributed by atoms with Crippen molar-refractivity contribution in [2.45, 2.75) is 20.3 Å². The lowest BCUT2D eigenvalue weighted by molar-refractivity contribution is -0.120. The number of piperazine rings is 1. The first-order chi connectivity index (χ1) is 14.5. The maximum absolute atomic E-state index is 12.7. The molecule has 2 N–H and O–H groups in total. The molecule has 3 aromatic rings. The monoisotopic (exact) mass is 535 g/mol. The van der Waals surface area contributed by atoms with Crippen LogP contribution < -0.4 is 10.2 Å². The van der Waals surface area contributed by atoms with Crippen molar-refractivity contribution in [1.82, 2.24) is 25.0 Å². The fourth-order valence-electron chi connectivity index (χ4n) is 3.89. The summed E-state index contributed by atoms with van der Waals surface area (Å²) in [5.74, 6) is 0.860. The molecule has 1 aliphatic rings. The summed E-state index contributed by atoms with van der Waals surface area (Å²) in [6, 6.07) is 6.47. The predicted molar refractivity (Wildman–Crippen MR) is 135 cm³/mol. The maximum atomic E-state index is 12.7. The minimum absolute atomic E-state index is 0. The zero-order valence-electron chi connectivity index (χ0n) is 18.3. The molecule has 31 heavy (non-hydrogen) atoms. The van der Waals surface area contributed by atoms with Gasteiger partial charge in [-0.15, -0.1) is 24.0 Å². The average Bonchev–Trinajstić information content (AvgIpc) is 3.33. The number of fused-ring (bicyclic) bond motifs is 1. The maximum Gasteiger partial charge on any atom is 0.246 e. The standard InChI is InChI=1S/C22H29N7O.HI/c1-4-23-22(24-8-7-17-12-25-20-11-16(2)5-6-19(17)20)28-9-10-29(21(30)15-28)18-13-26-27(3)14-18;/h5-6,11-14,25H,4,7-10,15H2,1-3H3,(H,23,24);1H. The summed E-state index contributed by atoms with van der Waals surface area (Å²) >= 11 is 0. The van der Waals surface area contributed by atoms with Gasteiger partial charge in [-0.3, -0.25) is 14.5 Å². The first kappa shape index (κ1) is 23.1. The highest BCUT2D eigenvalue weighted by atomic mass is 127. The van der Waals surface area contributed by atoms with E-state index in [-0.39, 0.29) is 29.9 Å². The van der Waals surface area contributed by atoms with Crippen molar-refractivity contribution in [3.63, 3.8) is 0 Å². The molecule has 9 heteroatoms. The molecule has 1 amide bonds. The minimum atomic E-state index is 0. The molecule has 166 valence electrons. The number of hydrogen-bond acceptors (Lipinski definition) is 3. The van der Waals surface area contributed by atoms with E-state index in [1.165, 1.54) is 16.5 Å². The van der Waals surface area contributed by atoms with E-state index in [1.54, 1.807) is 15.8 Å². The predicted octanol–water partition coefficient (Wildman–Crippen LogP) is 2.68. The van der Waals surface area contributed by atoms with Crippen molar-refractivity contribution in [3.8, 4) is 0 Å². The third-order valence-corrected chi connectivity index (χ3v) is 5.42. The molecule has 0 bridgehead atoms. The lowest BCUT2D eigenvalue weighted by Crippen LogP contribution is -2.55. The number of H-pyrrole nitrogens is 1. The van der Waals surface area contributed by atoms with E-state index in [9.17, 15) is 4.79 Å². The largest absolute Gasteiger partial charge is 0.361 e. The van der Waals surface area contributed by atoms with Gasteiger partial charge in [0.1, 0.15) is 6.54 Å². The van der Waals surface area contributed by atoms with Crippen LogP contribution in [0, 0.1) is 6.92 Å². The Balaban J connectivity index is 0.00000272. The number of anilines is 1. The topological polar surface area (TPSA) is 81.6 Å². The van der Waals surface area contributed by atoms with Gasteiger partial charge in [0.05, 0.1) is 11.9 Å². The number of aromatic amines is 1. The normalized spacial score (nSPS) is 14.8. The Morgan fingerprint density at radius 2 is 2.16 bits per heavy atom. The Bertz CT molecular complexity index is 1070. The molecule has 0 unspecified atom stereocenters. The molecule has 1 saturated heterocycles. The van der Waals surface area contributed by atoms with Crippen LogP contribution in [0.15, 0.2) is 41.8 Å². The van der Waals surface area contributed by atoms with Crippen LogP contribution in [0.2, 0.25) is 0 Å². The number of hydrogen-bond donors (Lipinski definition) is 2. The highest BCUT2D eigenvalue weighted by Crippen LogP contribution is 2.20. The molecule has 4 rings (SSSR count). The molecule has 1 aliphatic heterocycles. The summed E-state index contributed by atoms with van der Waals surface area (Å²) in [4.78, 5) is 24.7. The molecule has 0 aliphatic carbocycles. The van der Waals surface area contributed by atoms with Crippen molar-refractivity contribution < 1.29 is 4.79 Å². The van der Waals surface area contributed by atoms with E-state index in [2.05, 4.69) is 46.7 Å². The van der Waals surface area contributed by atoms with E-state index in [0.717, 1.165) is 36.7 Å². The highest BCUT2D eigenvalue weighted by molar-refractivity contribution is 14.0. The van der Waals surface area contributed by atoms with Crippen LogP contribution in [-0.4, -0.2) is 64.3 Å². The summed E-state index contributed by atoms with van der Waals surface area (Å²) < 4.78 is 1.71. The van der Waals surface area contributed by atoms with E-state index in [1.807, 2.05) is 25.1 Å². The Morgan fingerprint density at radius 1 is 1.32 bits per heavy atom. The third-order valence-electron chi connectivity index (χ3n) is 5.42. The van der Waals surface area contributed by atoms with Crippen LogP contribution in [0.4, 0.5) is 5.69 Å². The SMILES string of the molecule is CCNC(=NCCc1c[nH]c2cc(C)ccc12)N1CCN(c2cnn(C)c2)C(=O)C1.I. The van der Waals surface area contributed by atoms with Crippen LogP contribution >= 0.6 is 24.0 Å². The zero-order chi connectivity index (χ0) is 21.1. The Morgan fingerprint density at radius 3 is 2.87 bits per heavy atom. The lowest BCUT2D eigenvalue weighted by Gasteiger charge is -2.35. The first-order valence-corrected chi connectivity index (χ1v) is 10.4. The Kier molecular flexibility index (Phi) is 7.58. The molecular weight excluding hydrogens is 505 g/mol. The van der Waals surface area contributed by atoms with Crippen LogP contribution in [0.5, 0.6) is 0 Å². The second-order valence-corrected chi connectivity index (χ2v) is 7.69. The summed E-state index contributed by atoms with van der Waals surface area (Å²) in [7, 11) is 1.86. The van der Waals surface area contributed by atoms with Crippen LogP contribution in [0.3, 0.4) is 0 Å². The molecule has 0 radical (unpaired) electrons. The molecule has 1 aromatic carbocycles. The molecule has 3 heterocycles. The quantitative estimate of drug-likeness (QED) is 0.299. The second kappa shape index (κ2) is 10.2. The lowest BCUT2D eigenvalue weighted by atomic mass is 10.1. The van der Waals surface area contributed by atoms with Crippen LogP contribution in [0.1, 0.15) is 18.1 Å². The highest BCUT2D eigenvalue weighted by Gasteiger charge is 2.27. The van der Waals surface area contributed by atoms with Crippen molar-refractivity contribution >= 4 is 52.4 Å². The van der Waals surface area contributed by atoms with Gasteiger partial charge < -0.3 is 20.1 Å². The number of aryl methyl sites for hydroxylation is 2. The zero-order valence-corrected chi connectivity index (χ0v) is 20.6. The van der Waals surface area contributed by atoms with Gasteiger partial charge in [-0.1, -0.05) is 12.1 Å². The van der Waals surface area contributed by atoms with E-state index in [0.29, 0.717) is 19.6 Å². The van der Waals surface area contributed by atoms with Gasteiger partial charge in [0.15, 0.2) is 5.96 Å². The average molecular weight is 535 g/mol. The number of benzene rings is 1. The van der Waals surface area contributed by atoms with Gasteiger partial charge >= 0.3 is 0 Å². The molecule has 0 atom stereocenters. The summed E-state index contributed by atoms with van der Waals surface area (Å²) in [5, 5.41) is 8.76. The number of aromatic nitrogens is 3. The number of nitrogens with zero attached hydrogens (tertiary/aromatic N) is 5. The van der Waals surface area contributed by atoms with E-state index < -0.39 is 0 Å². The van der Waals surface area contributed by atoms with Gasteiger partial charge in [-0.2, -0.15) is 5.10 Å². The smallest absolute Gasteiger partial charge is 0.246 e. The van der Waals surface area contributed by atoms with Crippen molar-refractivity contribution in [3.05, 3.63) is 47.9 Å². The van der Waals surface area contributed by atoms with Crippen molar-refractivity contribution in [2.24, 2.45) is 12.0 Å². The second-order valence-electron chi connectivity index (χ2n) is 7.69. The number of halogens is 1. The number of nitrogens with one attached hydrogen (secondary N) is 2. The van der Waals surface area contributed by atoms with Crippen LogP contribution in [-0.2, 0) is 18.3 Å². The first-order valence-electron chi connectivity index (χ1n) is 10.4. The number of aliphatic imine (C=N–C) groups is 1. The van der Waals surface area contributed by atoms with Crippen molar-refractivity contribution in [1.29, 1.82) is 0 Å². The van der Waals surface area contributed by atoms with Gasteiger partial charge in [-0.05, 0) is 37.5 Å². The molecule has 0 spiro atoms. The summed E-state index contributed by atoms with van der Waals surface area (Å²) in [6.07, 6.45) is 6.52. The van der Waals surface area contributed by atoms with E-state index >= 15 is 0 Å². The van der Waals surface area contributed by atoms with E-state index in [4.69, 9.17) is 4.99 Å². The number of carbonyl (C=O) groups is 1.